The lowest BCUT2D eigenvalue weighted by molar-refractivity contribution is -0.138. The van der Waals surface area contributed by atoms with Crippen molar-refractivity contribution >= 4 is 29.1 Å². The standard InChI is InChI=1S/C32H28N2O5S/c1-4-19-39-29-23(17-12-18-24(29)37-3)20-25-30(35)34-28(22-15-10-7-11-16-22)26(31(36)38-5-2)27(33-32(34)40-25)21-13-8-6-9-14-21/h4,6-18,20,28H,1,5,19H2,2-3H3/b25-20-/t28-/m1/s1. The molecule has 1 aromatic heterocycles. The number of rotatable bonds is 9. The van der Waals surface area contributed by atoms with E-state index in [1.807, 2.05) is 72.8 Å². The molecule has 0 spiro atoms. The summed E-state index contributed by atoms with van der Waals surface area (Å²) in [4.78, 5) is 32.9. The smallest absolute Gasteiger partial charge is 0.338 e. The van der Waals surface area contributed by atoms with Crippen LogP contribution in [0.15, 0.2) is 107 Å². The van der Waals surface area contributed by atoms with E-state index in [2.05, 4.69) is 6.58 Å². The van der Waals surface area contributed by atoms with Crippen molar-refractivity contribution in [1.82, 2.24) is 4.57 Å². The molecule has 0 saturated heterocycles. The Balaban J connectivity index is 1.80. The molecule has 0 aliphatic carbocycles. The molecule has 0 saturated carbocycles. The summed E-state index contributed by atoms with van der Waals surface area (Å²) in [6.45, 7) is 5.95. The Morgan fingerprint density at radius 3 is 2.45 bits per heavy atom. The predicted molar refractivity (Wildman–Crippen MR) is 156 cm³/mol. The highest BCUT2D eigenvalue weighted by Gasteiger charge is 2.35. The predicted octanol–water partition coefficient (Wildman–Crippen LogP) is 4.51. The third kappa shape index (κ3) is 5.13. The van der Waals surface area contributed by atoms with Crippen LogP contribution in [0.2, 0.25) is 0 Å². The van der Waals surface area contributed by atoms with Crippen LogP contribution in [0, 0.1) is 0 Å². The van der Waals surface area contributed by atoms with Crippen molar-refractivity contribution in [3.8, 4) is 11.5 Å². The van der Waals surface area contributed by atoms with Crippen molar-refractivity contribution in [2.24, 2.45) is 4.99 Å². The van der Waals surface area contributed by atoms with E-state index in [9.17, 15) is 9.59 Å². The van der Waals surface area contributed by atoms with Gasteiger partial charge in [0.25, 0.3) is 5.56 Å². The van der Waals surface area contributed by atoms with E-state index in [-0.39, 0.29) is 18.8 Å². The molecule has 0 N–H and O–H groups in total. The minimum absolute atomic E-state index is 0.194. The molecule has 40 heavy (non-hydrogen) atoms. The zero-order valence-corrected chi connectivity index (χ0v) is 23.0. The minimum atomic E-state index is -0.726. The van der Waals surface area contributed by atoms with Gasteiger partial charge in [0.05, 0.1) is 35.6 Å². The van der Waals surface area contributed by atoms with Crippen LogP contribution < -0.4 is 24.4 Å². The molecule has 0 fully saturated rings. The van der Waals surface area contributed by atoms with Gasteiger partial charge in [0.1, 0.15) is 6.61 Å². The number of esters is 1. The number of benzene rings is 3. The van der Waals surface area contributed by atoms with Crippen LogP contribution in [0.3, 0.4) is 0 Å². The molecule has 0 amide bonds. The van der Waals surface area contributed by atoms with Crippen LogP contribution in [0.1, 0.15) is 29.7 Å². The number of carbonyl (C=O) groups is 1. The lowest BCUT2D eigenvalue weighted by atomic mass is 9.93. The Labute approximate surface area is 235 Å². The molecule has 3 aromatic carbocycles. The quantitative estimate of drug-likeness (QED) is 0.226. The van der Waals surface area contributed by atoms with E-state index < -0.39 is 12.0 Å². The van der Waals surface area contributed by atoms with Crippen molar-refractivity contribution in [1.29, 1.82) is 0 Å². The summed E-state index contributed by atoms with van der Waals surface area (Å²) in [5.74, 6) is 0.537. The van der Waals surface area contributed by atoms with E-state index in [0.29, 0.717) is 37.7 Å². The lowest BCUT2D eigenvalue weighted by Gasteiger charge is -2.25. The number of carbonyl (C=O) groups excluding carboxylic acids is 1. The Morgan fingerprint density at radius 2 is 1.77 bits per heavy atom. The van der Waals surface area contributed by atoms with Gasteiger partial charge in [0.2, 0.25) is 0 Å². The van der Waals surface area contributed by atoms with Crippen molar-refractivity contribution < 1.29 is 19.0 Å². The van der Waals surface area contributed by atoms with E-state index in [4.69, 9.17) is 19.2 Å². The number of ether oxygens (including phenoxy) is 3. The summed E-state index contributed by atoms with van der Waals surface area (Å²) in [5.41, 5.74) is 2.74. The number of hydrogen-bond donors (Lipinski definition) is 0. The fraction of sp³-hybridized carbons (Fsp3) is 0.156. The monoisotopic (exact) mass is 552 g/mol. The van der Waals surface area contributed by atoms with Gasteiger partial charge in [0, 0.05) is 11.1 Å². The first-order chi connectivity index (χ1) is 19.6. The summed E-state index contributed by atoms with van der Waals surface area (Å²) in [7, 11) is 1.57. The number of aromatic nitrogens is 1. The largest absolute Gasteiger partial charge is 0.493 e. The van der Waals surface area contributed by atoms with Gasteiger partial charge in [-0.1, -0.05) is 96.8 Å². The topological polar surface area (TPSA) is 79.1 Å². The molecule has 0 unspecified atom stereocenters. The van der Waals surface area contributed by atoms with Gasteiger partial charge in [-0.2, -0.15) is 0 Å². The molecule has 5 rings (SSSR count). The van der Waals surface area contributed by atoms with E-state index >= 15 is 0 Å². The molecule has 0 bridgehead atoms. The zero-order chi connectivity index (χ0) is 28.1. The molecular formula is C32H28N2O5S. The summed E-state index contributed by atoms with van der Waals surface area (Å²) < 4.78 is 18.9. The summed E-state index contributed by atoms with van der Waals surface area (Å²) >= 11 is 1.25. The average molecular weight is 553 g/mol. The second kappa shape index (κ2) is 12.0. The molecule has 7 nitrogen and oxygen atoms in total. The maximum atomic E-state index is 14.1. The number of hydrogen-bond acceptors (Lipinski definition) is 7. The number of fused-ring (bicyclic) bond motifs is 1. The van der Waals surface area contributed by atoms with Crippen molar-refractivity contribution in [2.75, 3.05) is 20.3 Å². The van der Waals surface area contributed by atoms with Gasteiger partial charge in [-0.15, -0.1) is 0 Å². The van der Waals surface area contributed by atoms with Gasteiger partial charge < -0.3 is 14.2 Å². The molecule has 202 valence electrons. The maximum absolute atomic E-state index is 14.1. The fourth-order valence-corrected chi connectivity index (χ4v) is 5.63. The molecule has 4 aromatic rings. The van der Waals surface area contributed by atoms with Crippen LogP contribution in [0.5, 0.6) is 11.5 Å². The second-order valence-electron chi connectivity index (χ2n) is 8.82. The third-order valence-electron chi connectivity index (χ3n) is 6.35. The van der Waals surface area contributed by atoms with Crippen molar-refractivity contribution in [2.45, 2.75) is 13.0 Å². The highest BCUT2D eigenvalue weighted by Crippen LogP contribution is 2.35. The van der Waals surface area contributed by atoms with E-state index in [0.717, 1.165) is 11.1 Å². The SMILES string of the molecule is C=CCOc1c(/C=c2\sc3n(c2=O)[C@H](c2ccccc2)C(C(=O)OCC)=C(c2ccccc2)N=3)cccc1OC. The highest BCUT2D eigenvalue weighted by molar-refractivity contribution is 7.07. The van der Waals surface area contributed by atoms with Gasteiger partial charge in [-0.3, -0.25) is 9.36 Å². The summed E-state index contributed by atoms with van der Waals surface area (Å²) in [6.07, 6.45) is 3.41. The maximum Gasteiger partial charge on any atom is 0.338 e. The molecule has 8 heteroatoms. The third-order valence-corrected chi connectivity index (χ3v) is 7.33. The van der Waals surface area contributed by atoms with Crippen LogP contribution in [-0.2, 0) is 9.53 Å². The first-order valence-corrected chi connectivity index (χ1v) is 13.6. The van der Waals surface area contributed by atoms with Crippen molar-refractivity contribution in [3.63, 3.8) is 0 Å². The zero-order valence-electron chi connectivity index (χ0n) is 22.2. The van der Waals surface area contributed by atoms with Crippen LogP contribution in [0.25, 0.3) is 11.8 Å². The fourth-order valence-electron chi connectivity index (χ4n) is 4.64. The lowest BCUT2D eigenvalue weighted by Crippen LogP contribution is -2.40. The molecule has 0 radical (unpaired) electrons. The van der Waals surface area contributed by atoms with Gasteiger partial charge >= 0.3 is 5.97 Å². The minimum Gasteiger partial charge on any atom is -0.493 e. The van der Waals surface area contributed by atoms with Crippen LogP contribution >= 0.6 is 11.3 Å². The Kier molecular flexibility index (Phi) is 8.07. The van der Waals surface area contributed by atoms with Gasteiger partial charge in [-0.05, 0) is 24.6 Å². The van der Waals surface area contributed by atoms with Crippen LogP contribution in [-0.4, -0.2) is 30.9 Å². The van der Waals surface area contributed by atoms with Gasteiger partial charge in [-0.25, -0.2) is 9.79 Å². The van der Waals surface area contributed by atoms with Crippen LogP contribution in [0.4, 0.5) is 0 Å². The molecule has 1 aliphatic heterocycles. The summed E-state index contributed by atoms with van der Waals surface area (Å²) in [5, 5.41) is 0. The first-order valence-electron chi connectivity index (χ1n) is 12.8. The Bertz CT molecular complexity index is 1750. The summed E-state index contributed by atoms with van der Waals surface area (Å²) in [6, 6.07) is 23.7. The number of nitrogens with zero attached hydrogens (tertiary/aromatic N) is 2. The number of para-hydroxylation sites is 1. The average Bonchev–Trinajstić information content (AvgIpc) is 3.30. The number of thiazole rings is 1. The molecule has 1 atom stereocenters. The second-order valence-corrected chi connectivity index (χ2v) is 9.83. The van der Waals surface area contributed by atoms with E-state index in [1.54, 1.807) is 36.8 Å². The molecule has 2 heterocycles. The van der Waals surface area contributed by atoms with E-state index in [1.165, 1.54) is 11.3 Å². The Morgan fingerprint density at radius 1 is 1.05 bits per heavy atom. The molecular weight excluding hydrogens is 524 g/mol. The highest BCUT2D eigenvalue weighted by atomic mass is 32.1. The van der Waals surface area contributed by atoms with Crippen molar-refractivity contribution in [3.05, 3.63) is 133 Å². The normalized spacial score (nSPS) is 14.8. The Hall–Kier alpha value is -4.69. The molecule has 1 aliphatic rings. The van der Waals surface area contributed by atoms with Gasteiger partial charge in [0.15, 0.2) is 16.3 Å². The first kappa shape index (κ1) is 26.9. The number of methoxy groups -OCH3 is 1.